The van der Waals surface area contributed by atoms with E-state index in [9.17, 15) is 14.0 Å². The van der Waals surface area contributed by atoms with E-state index >= 15 is 0 Å². The first-order valence-electron chi connectivity index (χ1n) is 8.96. The van der Waals surface area contributed by atoms with E-state index in [1.54, 1.807) is 12.1 Å². The third kappa shape index (κ3) is 3.25. The van der Waals surface area contributed by atoms with E-state index in [0.29, 0.717) is 17.7 Å². The molecule has 0 radical (unpaired) electrons. The van der Waals surface area contributed by atoms with Crippen LogP contribution in [0.4, 0.5) is 10.1 Å². The second-order valence-corrected chi connectivity index (χ2v) is 7.81. The summed E-state index contributed by atoms with van der Waals surface area (Å²) in [5.74, 6) is -1.77. The molecule has 0 fully saturated rings. The zero-order valence-electron chi connectivity index (χ0n) is 14.9. The molecule has 27 heavy (non-hydrogen) atoms. The lowest BCUT2D eigenvalue weighted by Gasteiger charge is -2.34. The van der Waals surface area contributed by atoms with Gasteiger partial charge in [0.1, 0.15) is 5.82 Å². The number of thiophene rings is 1. The van der Waals surface area contributed by atoms with Gasteiger partial charge in [-0.05, 0) is 43.3 Å². The summed E-state index contributed by atoms with van der Waals surface area (Å²) in [4.78, 5) is 31.4. The van der Waals surface area contributed by atoms with E-state index < -0.39 is 11.7 Å². The van der Waals surface area contributed by atoms with Gasteiger partial charge in [0, 0.05) is 34.2 Å². The summed E-state index contributed by atoms with van der Waals surface area (Å²) in [5.41, 5.74) is 2.26. The molecule has 4 rings (SSSR count). The van der Waals surface area contributed by atoms with Crippen LogP contribution in [0.3, 0.4) is 0 Å². The molecule has 4 nitrogen and oxygen atoms in total. The first-order valence-corrected chi connectivity index (χ1v) is 9.84. The molecule has 0 bridgehead atoms. The van der Waals surface area contributed by atoms with Crippen LogP contribution in [0.15, 0.2) is 58.0 Å². The molecule has 1 aromatic carbocycles. The third-order valence-electron chi connectivity index (χ3n) is 5.10. The summed E-state index contributed by atoms with van der Waals surface area (Å²) in [6.45, 7) is 1.81. The van der Waals surface area contributed by atoms with Gasteiger partial charge in [-0.3, -0.25) is 14.6 Å². The van der Waals surface area contributed by atoms with Gasteiger partial charge >= 0.3 is 0 Å². The Morgan fingerprint density at radius 3 is 2.78 bits per heavy atom. The molecular weight excluding hydrogens is 363 g/mol. The van der Waals surface area contributed by atoms with Crippen LogP contribution in [0.1, 0.15) is 37.0 Å². The van der Waals surface area contributed by atoms with Crippen molar-refractivity contribution in [1.82, 2.24) is 0 Å². The lowest BCUT2D eigenvalue weighted by atomic mass is 9.74. The fraction of sp³-hybridized carbons (Fsp3) is 0.286. The van der Waals surface area contributed by atoms with Crippen LogP contribution in [0.5, 0.6) is 0 Å². The summed E-state index contributed by atoms with van der Waals surface area (Å²) in [6.07, 6.45) is 2.02. The van der Waals surface area contributed by atoms with Crippen molar-refractivity contribution in [2.75, 3.05) is 5.32 Å². The van der Waals surface area contributed by atoms with Crippen LogP contribution in [0.2, 0.25) is 0 Å². The minimum absolute atomic E-state index is 0.0644. The molecule has 1 aromatic heterocycles. The Hall–Kier alpha value is -2.60. The number of halogens is 1. The second-order valence-electron chi connectivity index (χ2n) is 6.83. The third-order valence-corrected chi connectivity index (χ3v) is 6.05. The first kappa shape index (κ1) is 17.8. The number of benzene rings is 1. The van der Waals surface area contributed by atoms with Gasteiger partial charge in [0.15, 0.2) is 5.78 Å². The van der Waals surface area contributed by atoms with Crippen LogP contribution in [0, 0.1) is 11.7 Å². The van der Waals surface area contributed by atoms with Crippen molar-refractivity contribution in [3.05, 3.63) is 63.7 Å². The number of Topliss-reactive ketones (excluding diaryl/α,β-unsaturated/α-hetero) is 1. The van der Waals surface area contributed by atoms with Crippen molar-refractivity contribution < 1.29 is 14.0 Å². The predicted molar refractivity (Wildman–Crippen MR) is 105 cm³/mol. The fourth-order valence-corrected chi connectivity index (χ4v) is 4.77. The van der Waals surface area contributed by atoms with Gasteiger partial charge in [0.25, 0.3) is 0 Å². The number of ketones is 1. The maximum absolute atomic E-state index is 14.0. The Kier molecular flexibility index (Phi) is 4.74. The highest BCUT2D eigenvalue weighted by Crippen LogP contribution is 2.44. The average molecular weight is 382 g/mol. The molecule has 0 spiro atoms. The van der Waals surface area contributed by atoms with Crippen molar-refractivity contribution >= 4 is 34.4 Å². The van der Waals surface area contributed by atoms with Gasteiger partial charge < -0.3 is 5.32 Å². The average Bonchev–Trinajstić information content (AvgIpc) is 3.17. The van der Waals surface area contributed by atoms with E-state index in [1.807, 2.05) is 24.4 Å². The van der Waals surface area contributed by atoms with E-state index in [4.69, 9.17) is 0 Å². The lowest BCUT2D eigenvalue weighted by Crippen LogP contribution is -2.39. The van der Waals surface area contributed by atoms with Gasteiger partial charge in [0.2, 0.25) is 5.91 Å². The Morgan fingerprint density at radius 1 is 1.22 bits per heavy atom. The Labute approximate surface area is 160 Å². The molecule has 6 heteroatoms. The Morgan fingerprint density at radius 2 is 2.04 bits per heavy atom. The van der Waals surface area contributed by atoms with E-state index in [1.165, 1.54) is 23.5 Å². The monoisotopic (exact) mass is 382 g/mol. The normalized spacial score (nSPS) is 22.3. The SMILES string of the molecule is CC1=NC2=C(C(=O)CCC2)[C@H](c2cccs2)C1C(=O)Nc1ccccc1F. The van der Waals surface area contributed by atoms with Crippen molar-refractivity contribution in [2.45, 2.75) is 32.1 Å². The van der Waals surface area contributed by atoms with Crippen LogP contribution in [0.25, 0.3) is 0 Å². The Balaban J connectivity index is 1.75. The van der Waals surface area contributed by atoms with Crippen molar-refractivity contribution in [3.63, 3.8) is 0 Å². The number of hydrogen-bond acceptors (Lipinski definition) is 4. The number of anilines is 1. The summed E-state index contributed by atoms with van der Waals surface area (Å²) < 4.78 is 14.0. The van der Waals surface area contributed by atoms with Gasteiger partial charge in [-0.25, -0.2) is 4.39 Å². The molecule has 2 atom stereocenters. The summed E-state index contributed by atoms with van der Waals surface area (Å²) in [5, 5.41) is 4.63. The zero-order valence-corrected chi connectivity index (χ0v) is 15.7. The molecule has 0 saturated heterocycles. The van der Waals surface area contributed by atoms with Crippen molar-refractivity contribution in [2.24, 2.45) is 10.9 Å². The molecule has 1 unspecified atom stereocenters. The fourth-order valence-electron chi connectivity index (χ4n) is 3.89. The van der Waals surface area contributed by atoms with Crippen LogP contribution in [-0.4, -0.2) is 17.4 Å². The number of carbonyl (C=O) groups is 2. The number of carbonyl (C=O) groups excluding carboxylic acids is 2. The summed E-state index contributed by atoms with van der Waals surface area (Å²) >= 11 is 1.52. The standard InChI is InChI=1S/C21H19FN2O2S/c1-12-18(21(26)24-14-7-3-2-6-13(14)22)20(17-10-5-11-27-17)19-15(23-12)8-4-9-16(19)25/h2-3,5-7,10-11,18,20H,4,8-9H2,1H3,(H,24,26)/t18?,20-/m1/s1. The molecule has 1 aliphatic carbocycles. The number of nitrogens with one attached hydrogen (secondary N) is 1. The largest absolute Gasteiger partial charge is 0.323 e. The number of hydrogen-bond donors (Lipinski definition) is 1. The van der Waals surface area contributed by atoms with Gasteiger partial charge in [-0.15, -0.1) is 11.3 Å². The minimum atomic E-state index is -0.635. The van der Waals surface area contributed by atoms with E-state index in [-0.39, 0.29) is 23.3 Å². The molecule has 2 aromatic rings. The number of amides is 1. The number of allylic oxidation sites excluding steroid dienone is 2. The Bertz CT molecular complexity index is 962. The van der Waals surface area contributed by atoms with E-state index in [2.05, 4.69) is 10.3 Å². The highest BCUT2D eigenvalue weighted by Gasteiger charge is 2.42. The predicted octanol–water partition coefficient (Wildman–Crippen LogP) is 4.71. The zero-order chi connectivity index (χ0) is 19.0. The number of nitrogens with zero attached hydrogens (tertiary/aromatic N) is 1. The maximum Gasteiger partial charge on any atom is 0.234 e. The number of para-hydroxylation sites is 1. The highest BCUT2D eigenvalue weighted by molar-refractivity contribution is 7.10. The number of aliphatic imine (C=N–C) groups is 1. The highest BCUT2D eigenvalue weighted by atomic mass is 32.1. The number of rotatable bonds is 3. The summed E-state index contributed by atoms with van der Waals surface area (Å²) in [7, 11) is 0. The molecule has 1 amide bonds. The topological polar surface area (TPSA) is 58.5 Å². The minimum Gasteiger partial charge on any atom is -0.323 e. The first-order chi connectivity index (χ1) is 13.1. The van der Waals surface area contributed by atoms with Crippen molar-refractivity contribution in [3.8, 4) is 0 Å². The van der Waals surface area contributed by atoms with Crippen LogP contribution < -0.4 is 5.32 Å². The molecular formula is C21H19FN2O2S. The smallest absolute Gasteiger partial charge is 0.234 e. The molecule has 1 N–H and O–H groups in total. The maximum atomic E-state index is 14.0. The van der Waals surface area contributed by atoms with Crippen LogP contribution >= 0.6 is 11.3 Å². The van der Waals surface area contributed by atoms with Crippen molar-refractivity contribution in [1.29, 1.82) is 0 Å². The second kappa shape index (κ2) is 7.19. The van der Waals surface area contributed by atoms with Gasteiger partial charge in [0.05, 0.1) is 11.6 Å². The molecule has 1 aliphatic heterocycles. The van der Waals surface area contributed by atoms with Gasteiger partial charge in [-0.2, -0.15) is 0 Å². The molecule has 0 saturated carbocycles. The molecule has 2 aliphatic rings. The van der Waals surface area contributed by atoms with E-state index in [0.717, 1.165) is 23.4 Å². The van der Waals surface area contributed by atoms with Gasteiger partial charge in [-0.1, -0.05) is 18.2 Å². The van der Waals surface area contributed by atoms with Crippen LogP contribution in [-0.2, 0) is 9.59 Å². The quantitative estimate of drug-likeness (QED) is 0.836. The molecule has 2 heterocycles. The lowest BCUT2D eigenvalue weighted by molar-refractivity contribution is -0.119. The summed E-state index contributed by atoms with van der Waals surface area (Å²) in [6, 6.07) is 9.94. The molecule has 138 valence electrons.